The van der Waals surface area contributed by atoms with Crippen molar-refractivity contribution in [3.63, 3.8) is 0 Å². The fraction of sp³-hybridized carbons (Fsp3) is 0.318. The van der Waals surface area contributed by atoms with Gasteiger partial charge in [0.15, 0.2) is 16.8 Å². The van der Waals surface area contributed by atoms with E-state index in [0.717, 1.165) is 46.2 Å². The van der Waals surface area contributed by atoms with Crippen LogP contribution < -0.4 is 0 Å². The van der Waals surface area contributed by atoms with E-state index in [9.17, 15) is 4.79 Å². The molecule has 5 rings (SSSR count). The molecule has 2 unspecified atom stereocenters. The number of hydrogen-bond acceptors (Lipinski definition) is 6. The first-order chi connectivity index (χ1) is 14.7. The van der Waals surface area contributed by atoms with Crippen LogP contribution in [-0.2, 0) is 11.3 Å². The lowest BCUT2D eigenvalue weighted by atomic mass is 10.1. The van der Waals surface area contributed by atoms with Gasteiger partial charge >= 0.3 is 0 Å². The van der Waals surface area contributed by atoms with Gasteiger partial charge in [0.05, 0.1) is 22.8 Å². The number of nitrogens with zero attached hydrogens (tertiary/aromatic N) is 3. The van der Waals surface area contributed by atoms with Crippen LogP contribution in [0.2, 0.25) is 0 Å². The highest BCUT2D eigenvalue weighted by atomic mass is 32.2. The molecule has 1 aliphatic heterocycles. The Morgan fingerprint density at radius 1 is 1.33 bits per heavy atom. The van der Waals surface area contributed by atoms with Crippen LogP contribution in [0.4, 0.5) is 0 Å². The minimum absolute atomic E-state index is 0.0850. The van der Waals surface area contributed by atoms with Crippen molar-refractivity contribution in [3.05, 3.63) is 53.5 Å². The minimum atomic E-state index is -0.284. The first-order valence-electron chi connectivity index (χ1n) is 10.1. The van der Waals surface area contributed by atoms with Gasteiger partial charge in [-0.15, -0.1) is 21.5 Å². The highest BCUT2D eigenvalue weighted by Crippen LogP contribution is 2.32. The van der Waals surface area contributed by atoms with Gasteiger partial charge in [0.1, 0.15) is 0 Å². The van der Waals surface area contributed by atoms with Crippen molar-refractivity contribution in [2.24, 2.45) is 0 Å². The molecule has 1 N–H and O–H groups in total. The van der Waals surface area contributed by atoms with Gasteiger partial charge in [-0.3, -0.25) is 9.36 Å². The maximum absolute atomic E-state index is 13.2. The number of thiophene rings is 1. The number of benzene rings is 1. The van der Waals surface area contributed by atoms with Crippen molar-refractivity contribution in [3.8, 4) is 10.7 Å². The van der Waals surface area contributed by atoms with Gasteiger partial charge in [-0.25, -0.2) is 0 Å². The number of ketones is 1. The third kappa shape index (κ3) is 3.71. The Morgan fingerprint density at radius 3 is 3.03 bits per heavy atom. The Hall–Kier alpha value is -2.42. The fourth-order valence-corrected chi connectivity index (χ4v) is 5.47. The quantitative estimate of drug-likeness (QED) is 0.324. The van der Waals surface area contributed by atoms with Gasteiger partial charge in [-0.1, -0.05) is 36.0 Å². The average molecular weight is 439 g/mol. The molecule has 0 bridgehead atoms. The smallest absolute Gasteiger partial charge is 0.192 e. The summed E-state index contributed by atoms with van der Waals surface area (Å²) in [4.78, 5) is 17.5. The third-order valence-corrected chi connectivity index (χ3v) is 7.32. The number of Topliss-reactive ketones (excluding diaryl/α,β-unsaturated/α-hetero) is 1. The van der Waals surface area contributed by atoms with E-state index in [1.54, 1.807) is 17.5 Å². The van der Waals surface area contributed by atoms with Crippen LogP contribution in [0.5, 0.6) is 0 Å². The van der Waals surface area contributed by atoms with Crippen LogP contribution in [0, 0.1) is 0 Å². The number of H-pyrrole nitrogens is 1. The Balaban J connectivity index is 1.42. The molecular weight excluding hydrogens is 416 g/mol. The van der Waals surface area contributed by atoms with Gasteiger partial charge in [0.2, 0.25) is 0 Å². The maximum Gasteiger partial charge on any atom is 0.192 e. The van der Waals surface area contributed by atoms with E-state index in [2.05, 4.69) is 25.8 Å². The van der Waals surface area contributed by atoms with Crippen LogP contribution in [-0.4, -0.2) is 43.5 Å². The van der Waals surface area contributed by atoms with Crippen molar-refractivity contribution >= 4 is 39.8 Å². The Morgan fingerprint density at radius 2 is 2.23 bits per heavy atom. The van der Waals surface area contributed by atoms with Crippen molar-refractivity contribution in [1.82, 2.24) is 19.7 Å². The van der Waals surface area contributed by atoms with E-state index in [0.29, 0.717) is 12.1 Å². The van der Waals surface area contributed by atoms with Gasteiger partial charge < -0.3 is 9.72 Å². The second kappa shape index (κ2) is 8.37. The number of fused-ring (bicyclic) bond motifs is 1. The molecule has 0 radical (unpaired) electrons. The van der Waals surface area contributed by atoms with E-state index in [-0.39, 0.29) is 17.1 Å². The molecule has 0 spiro atoms. The Kier molecular flexibility index (Phi) is 5.45. The number of aromatic amines is 1. The number of carbonyl (C=O) groups is 1. The summed E-state index contributed by atoms with van der Waals surface area (Å²) in [6, 6.07) is 11.9. The molecule has 1 fully saturated rings. The summed E-state index contributed by atoms with van der Waals surface area (Å²) in [6.45, 7) is 3.44. The van der Waals surface area contributed by atoms with Crippen LogP contribution in [0.15, 0.2) is 53.1 Å². The van der Waals surface area contributed by atoms with Gasteiger partial charge in [-0.2, -0.15) is 0 Å². The third-order valence-electron chi connectivity index (χ3n) is 5.37. The second-order valence-corrected chi connectivity index (χ2v) is 9.66. The molecule has 4 aromatic rings. The molecule has 3 aromatic heterocycles. The zero-order valence-electron chi connectivity index (χ0n) is 16.6. The summed E-state index contributed by atoms with van der Waals surface area (Å²) >= 11 is 3.10. The normalized spacial score (nSPS) is 17.6. The van der Waals surface area contributed by atoms with E-state index in [1.165, 1.54) is 11.8 Å². The van der Waals surface area contributed by atoms with Crippen LogP contribution in [0.25, 0.3) is 21.6 Å². The number of para-hydroxylation sites is 1. The number of hydrogen-bond donors (Lipinski definition) is 1. The van der Waals surface area contributed by atoms with Crippen molar-refractivity contribution in [2.45, 2.75) is 42.8 Å². The molecule has 0 amide bonds. The SMILES string of the molecule is CC(Sc1nnc(-c2cccs2)n1CC1CCCO1)C(=O)c1c[nH]c2ccccc12. The van der Waals surface area contributed by atoms with Gasteiger partial charge in [0.25, 0.3) is 0 Å². The van der Waals surface area contributed by atoms with Crippen molar-refractivity contribution < 1.29 is 9.53 Å². The number of thioether (sulfide) groups is 1. The number of nitrogens with one attached hydrogen (secondary N) is 1. The zero-order valence-corrected chi connectivity index (χ0v) is 18.2. The molecule has 0 saturated carbocycles. The molecule has 6 nitrogen and oxygen atoms in total. The lowest BCUT2D eigenvalue weighted by Gasteiger charge is -2.15. The summed E-state index contributed by atoms with van der Waals surface area (Å²) in [5, 5.41) is 12.4. The second-order valence-electron chi connectivity index (χ2n) is 7.40. The fourth-order valence-electron chi connectivity index (χ4n) is 3.83. The van der Waals surface area contributed by atoms with E-state index in [4.69, 9.17) is 4.74 Å². The van der Waals surface area contributed by atoms with Gasteiger partial charge in [-0.05, 0) is 37.3 Å². The molecule has 1 saturated heterocycles. The molecular formula is C22H22N4O2S2. The van der Waals surface area contributed by atoms with E-state index in [1.807, 2.05) is 42.6 Å². The predicted molar refractivity (Wildman–Crippen MR) is 120 cm³/mol. The Labute approximate surface area is 182 Å². The molecule has 30 heavy (non-hydrogen) atoms. The van der Waals surface area contributed by atoms with Gasteiger partial charge in [0, 0.05) is 29.3 Å². The molecule has 8 heteroatoms. The van der Waals surface area contributed by atoms with Crippen LogP contribution in [0.1, 0.15) is 30.1 Å². The largest absolute Gasteiger partial charge is 0.376 e. The average Bonchev–Trinajstić information content (AvgIpc) is 3.55. The monoisotopic (exact) mass is 438 g/mol. The standard InChI is InChI=1S/C22H22N4O2S2/c1-14(20(27)17-12-23-18-8-3-2-7-16(17)18)30-22-25-24-21(19-9-5-11-29-19)26(22)13-15-6-4-10-28-15/h2-3,5,7-9,11-12,14-15,23H,4,6,10,13H2,1H3. The first-order valence-corrected chi connectivity index (χ1v) is 11.8. The topological polar surface area (TPSA) is 72.8 Å². The van der Waals surface area contributed by atoms with Crippen molar-refractivity contribution in [2.75, 3.05) is 6.61 Å². The maximum atomic E-state index is 13.2. The first kappa shape index (κ1) is 19.5. The number of aromatic nitrogens is 4. The summed E-state index contributed by atoms with van der Waals surface area (Å²) in [6.07, 6.45) is 4.09. The lowest BCUT2D eigenvalue weighted by molar-refractivity contribution is 0.0953. The predicted octanol–water partition coefficient (Wildman–Crippen LogP) is 5.03. The summed E-state index contributed by atoms with van der Waals surface area (Å²) in [5.41, 5.74) is 1.69. The molecule has 1 aromatic carbocycles. The van der Waals surface area contributed by atoms with Crippen LogP contribution >= 0.6 is 23.1 Å². The number of ether oxygens (including phenoxy) is 1. The molecule has 2 atom stereocenters. The summed E-state index contributed by atoms with van der Waals surface area (Å²) < 4.78 is 7.98. The molecule has 4 heterocycles. The minimum Gasteiger partial charge on any atom is -0.376 e. The van der Waals surface area contributed by atoms with E-state index >= 15 is 0 Å². The van der Waals surface area contributed by atoms with Crippen molar-refractivity contribution in [1.29, 1.82) is 0 Å². The highest BCUT2D eigenvalue weighted by Gasteiger charge is 2.26. The molecule has 154 valence electrons. The zero-order chi connectivity index (χ0) is 20.5. The summed E-state index contributed by atoms with van der Waals surface area (Å²) in [7, 11) is 0. The van der Waals surface area contributed by atoms with E-state index < -0.39 is 0 Å². The number of carbonyl (C=O) groups excluding carboxylic acids is 1. The molecule has 1 aliphatic rings. The number of rotatable bonds is 7. The summed E-state index contributed by atoms with van der Waals surface area (Å²) in [5.74, 6) is 0.927. The van der Waals surface area contributed by atoms with Crippen LogP contribution in [0.3, 0.4) is 0 Å². The lowest BCUT2D eigenvalue weighted by Crippen LogP contribution is -2.18. The Bertz CT molecular complexity index is 1160. The highest BCUT2D eigenvalue weighted by molar-refractivity contribution is 8.00. The molecule has 0 aliphatic carbocycles.